The highest BCUT2D eigenvalue weighted by molar-refractivity contribution is 7.99. The van der Waals surface area contributed by atoms with Gasteiger partial charge in [-0.25, -0.2) is 9.97 Å². The quantitative estimate of drug-likeness (QED) is 0.575. The SMILES string of the molecule is COc1cccc(CNC(=O)C2CCN(c3nccnc3Sc3ccc(C)cc3)CC2)c1. The Hall–Kier alpha value is -3.06. The van der Waals surface area contributed by atoms with E-state index in [0.717, 1.165) is 53.0 Å². The molecule has 2 aromatic carbocycles. The van der Waals surface area contributed by atoms with E-state index in [1.165, 1.54) is 5.56 Å². The molecule has 2 heterocycles. The summed E-state index contributed by atoms with van der Waals surface area (Å²) in [4.78, 5) is 25.3. The van der Waals surface area contributed by atoms with Gasteiger partial charge in [-0.15, -0.1) is 0 Å². The molecule has 4 rings (SSSR count). The Balaban J connectivity index is 1.33. The second kappa shape index (κ2) is 10.5. The van der Waals surface area contributed by atoms with Crippen LogP contribution in [0, 0.1) is 12.8 Å². The number of amides is 1. The van der Waals surface area contributed by atoms with E-state index < -0.39 is 0 Å². The van der Waals surface area contributed by atoms with E-state index in [4.69, 9.17) is 4.74 Å². The topological polar surface area (TPSA) is 67.3 Å². The van der Waals surface area contributed by atoms with Gasteiger partial charge >= 0.3 is 0 Å². The minimum atomic E-state index is 0.0155. The second-order valence-electron chi connectivity index (χ2n) is 7.93. The number of ether oxygens (including phenoxy) is 1. The summed E-state index contributed by atoms with van der Waals surface area (Å²) in [5.41, 5.74) is 2.27. The summed E-state index contributed by atoms with van der Waals surface area (Å²) in [6.45, 7) is 4.17. The van der Waals surface area contributed by atoms with Gasteiger partial charge in [0, 0.05) is 42.8 Å². The lowest BCUT2D eigenvalue weighted by atomic mass is 9.96. The predicted octanol–water partition coefficient (Wildman–Crippen LogP) is 4.48. The summed E-state index contributed by atoms with van der Waals surface area (Å²) in [6, 6.07) is 16.2. The van der Waals surface area contributed by atoms with Gasteiger partial charge in [-0.3, -0.25) is 4.79 Å². The van der Waals surface area contributed by atoms with Crippen LogP contribution in [-0.2, 0) is 11.3 Å². The fourth-order valence-corrected chi connectivity index (χ4v) is 4.68. The highest BCUT2D eigenvalue weighted by Crippen LogP contribution is 2.34. The predicted molar refractivity (Wildman–Crippen MR) is 127 cm³/mol. The third kappa shape index (κ3) is 5.59. The first-order valence-corrected chi connectivity index (χ1v) is 11.6. The standard InChI is InChI=1S/C25H28N4O2S/c1-18-6-8-22(9-7-18)32-25-23(26-12-13-27-25)29-14-10-20(11-15-29)24(30)28-17-19-4-3-5-21(16-19)31-2/h3-9,12-13,16,20H,10-11,14-15,17H2,1-2H3,(H,28,30). The molecule has 6 nitrogen and oxygen atoms in total. The van der Waals surface area contributed by atoms with Crippen molar-refractivity contribution < 1.29 is 9.53 Å². The van der Waals surface area contributed by atoms with Gasteiger partial charge < -0.3 is 15.0 Å². The van der Waals surface area contributed by atoms with Crippen molar-refractivity contribution in [3.63, 3.8) is 0 Å². The van der Waals surface area contributed by atoms with Crippen LogP contribution < -0.4 is 15.0 Å². The van der Waals surface area contributed by atoms with Crippen LogP contribution in [0.15, 0.2) is 70.8 Å². The van der Waals surface area contributed by atoms with Crippen LogP contribution in [0.4, 0.5) is 5.82 Å². The van der Waals surface area contributed by atoms with Gasteiger partial charge in [-0.2, -0.15) is 0 Å². The summed E-state index contributed by atoms with van der Waals surface area (Å²) < 4.78 is 5.25. The highest BCUT2D eigenvalue weighted by Gasteiger charge is 2.27. The summed E-state index contributed by atoms with van der Waals surface area (Å²) in [6.07, 6.45) is 5.07. The Bertz CT molecular complexity index is 1050. The first-order valence-electron chi connectivity index (χ1n) is 10.8. The molecule has 32 heavy (non-hydrogen) atoms. The summed E-state index contributed by atoms with van der Waals surface area (Å²) in [7, 11) is 1.65. The molecule has 0 atom stereocenters. The van der Waals surface area contributed by atoms with Crippen molar-refractivity contribution in [3.8, 4) is 5.75 Å². The van der Waals surface area contributed by atoms with Crippen LogP contribution in [0.2, 0.25) is 0 Å². The molecule has 7 heteroatoms. The Morgan fingerprint density at radius 1 is 1.12 bits per heavy atom. The Morgan fingerprint density at radius 2 is 1.88 bits per heavy atom. The van der Waals surface area contributed by atoms with E-state index in [9.17, 15) is 4.79 Å². The van der Waals surface area contributed by atoms with E-state index in [2.05, 4.69) is 51.4 Å². The summed E-state index contributed by atoms with van der Waals surface area (Å²) in [5, 5.41) is 3.98. The van der Waals surface area contributed by atoms with Crippen LogP contribution in [0.3, 0.4) is 0 Å². The fourth-order valence-electron chi connectivity index (χ4n) is 3.79. The Kier molecular flexibility index (Phi) is 7.27. The Morgan fingerprint density at radius 3 is 2.62 bits per heavy atom. The maximum absolute atomic E-state index is 12.7. The zero-order chi connectivity index (χ0) is 22.3. The molecular formula is C25H28N4O2S. The third-order valence-corrected chi connectivity index (χ3v) is 6.64. The fraction of sp³-hybridized carbons (Fsp3) is 0.320. The molecule has 1 aliphatic heterocycles. The number of methoxy groups -OCH3 is 1. The molecule has 1 N–H and O–H groups in total. The number of hydrogen-bond donors (Lipinski definition) is 1. The minimum Gasteiger partial charge on any atom is -0.497 e. The smallest absolute Gasteiger partial charge is 0.223 e. The van der Waals surface area contributed by atoms with Gasteiger partial charge in [0.1, 0.15) is 10.8 Å². The number of nitrogens with zero attached hydrogens (tertiary/aromatic N) is 3. The molecule has 0 aliphatic carbocycles. The maximum atomic E-state index is 12.7. The average Bonchev–Trinajstić information content (AvgIpc) is 2.84. The van der Waals surface area contributed by atoms with Crippen LogP contribution in [0.1, 0.15) is 24.0 Å². The number of nitrogens with one attached hydrogen (secondary N) is 1. The number of hydrogen-bond acceptors (Lipinski definition) is 6. The lowest BCUT2D eigenvalue weighted by Crippen LogP contribution is -2.41. The molecule has 1 aromatic heterocycles. The van der Waals surface area contributed by atoms with Crippen LogP contribution in [0.5, 0.6) is 5.75 Å². The molecule has 3 aromatic rings. The van der Waals surface area contributed by atoms with E-state index >= 15 is 0 Å². The molecule has 1 fully saturated rings. The summed E-state index contributed by atoms with van der Waals surface area (Å²) >= 11 is 1.63. The number of benzene rings is 2. The molecule has 0 saturated carbocycles. The molecule has 1 aliphatic rings. The number of aryl methyl sites for hydroxylation is 1. The third-order valence-electron chi connectivity index (χ3n) is 5.65. The Labute approximate surface area is 193 Å². The first kappa shape index (κ1) is 22.1. The molecule has 0 bridgehead atoms. The molecule has 0 unspecified atom stereocenters. The van der Waals surface area contributed by atoms with Gasteiger partial charge in [-0.05, 0) is 49.6 Å². The van der Waals surface area contributed by atoms with Crippen LogP contribution in [0.25, 0.3) is 0 Å². The monoisotopic (exact) mass is 448 g/mol. The number of carbonyl (C=O) groups is 1. The average molecular weight is 449 g/mol. The molecular weight excluding hydrogens is 420 g/mol. The van der Waals surface area contributed by atoms with Crippen molar-refractivity contribution in [2.45, 2.75) is 36.2 Å². The highest BCUT2D eigenvalue weighted by atomic mass is 32.2. The second-order valence-corrected chi connectivity index (χ2v) is 8.99. The van der Waals surface area contributed by atoms with Crippen molar-refractivity contribution in [2.75, 3.05) is 25.1 Å². The van der Waals surface area contributed by atoms with Gasteiger partial charge in [0.25, 0.3) is 0 Å². The number of aromatic nitrogens is 2. The van der Waals surface area contributed by atoms with E-state index in [1.54, 1.807) is 31.3 Å². The summed E-state index contributed by atoms with van der Waals surface area (Å²) in [5.74, 6) is 1.82. The minimum absolute atomic E-state index is 0.0155. The zero-order valence-electron chi connectivity index (χ0n) is 18.5. The van der Waals surface area contributed by atoms with Crippen molar-refractivity contribution in [3.05, 3.63) is 72.1 Å². The van der Waals surface area contributed by atoms with Crippen LogP contribution in [-0.4, -0.2) is 36.1 Å². The zero-order valence-corrected chi connectivity index (χ0v) is 19.3. The van der Waals surface area contributed by atoms with Crippen molar-refractivity contribution in [1.82, 2.24) is 15.3 Å². The largest absolute Gasteiger partial charge is 0.497 e. The molecule has 0 radical (unpaired) electrons. The van der Waals surface area contributed by atoms with Crippen LogP contribution >= 0.6 is 11.8 Å². The normalized spacial score (nSPS) is 14.2. The van der Waals surface area contributed by atoms with Gasteiger partial charge in [0.05, 0.1) is 7.11 Å². The van der Waals surface area contributed by atoms with Gasteiger partial charge in [0.15, 0.2) is 5.82 Å². The van der Waals surface area contributed by atoms with E-state index in [1.807, 2.05) is 24.3 Å². The van der Waals surface area contributed by atoms with Crippen molar-refractivity contribution >= 4 is 23.5 Å². The van der Waals surface area contributed by atoms with E-state index in [0.29, 0.717) is 6.54 Å². The number of piperidine rings is 1. The van der Waals surface area contributed by atoms with Gasteiger partial charge in [-0.1, -0.05) is 41.6 Å². The lowest BCUT2D eigenvalue weighted by molar-refractivity contribution is -0.125. The number of carbonyl (C=O) groups excluding carboxylic acids is 1. The van der Waals surface area contributed by atoms with Gasteiger partial charge in [0.2, 0.25) is 5.91 Å². The molecule has 166 valence electrons. The van der Waals surface area contributed by atoms with Crippen molar-refractivity contribution in [2.24, 2.45) is 5.92 Å². The molecule has 0 spiro atoms. The molecule has 1 saturated heterocycles. The number of anilines is 1. The maximum Gasteiger partial charge on any atom is 0.223 e. The number of rotatable bonds is 7. The first-order chi connectivity index (χ1) is 15.6. The van der Waals surface area contributed by atoms with E-state index in [-0.39, 0.29) is 11.8 Å². The lowest BCUT2D eigenvalue weighted by Gasteiger charge is -2.32. The van der Waals surface area contributed by atoms with Crippen molar-refractivity contribution in [1.29, 1.82) is 0 Å². The molecule has 1 amide bonds.